The second-order valence-corrected chi connectivity index (χ2v) is 5.91. The second kappa shape index (κ2) is 5.51. The fraction of sp³-hybridized carbons (Fsp3) is 0.312. The lowest BCUT2D eigenvalue weighted by atomic mass is 10.1. The van der Waals surface area contributed by atoms with Crippen LogP contribution in [0.15, 0.2) is 30.7 Å². The van der Waals surface area contributed by atoms with Crippen LogP contribution in [-0.4, -0.2) is 58.3 Å². The Bertz CT molecular complexity index is 816. The SMILES string of the molecule is CN1CCN(c2ccc(-c3cncc4c(N)n[nH]c34)nc2)CC1. The van der Waals surface area contributed by atoms with Gasteiger partial charge in [-0.1, -0.05) is 0 Å². The van der Waals surface area contributed by atoms with Crippen LogP contribution in [0.4, 0.5) is 11.5 Å². The fourth-order valence-corrected chi connectivity index (χ4v) is 2.94. The summed E-state index contributed by atoms with van der Waals surface area (Å²) in [5, 5.41) is 7.85. The summed E-state index contributed by atoms with van der Waals surface area (Å²) in [5.41, 5.74) is 9.65. The third-order valence-electron chi connectivity index (χ3n) is 4.40. The van der Waals surface area contributed by atoms with Crippen molar-refractivity contribution < 1.29 is 0 Å². The zero-order valence-electron chi connectivity index (χ0n) is 13.0. The van der Waals surface area contributed by atoms with E-state index in [0.717, 1.165) is 54.0 Å². The molecule has 23 heavy (non-hydrogen) atoms. The first kappa shape index (κ1) is 14.0. The first-order chi connectivity index (χ1) is 11.2. The summed E-state index contributed by atoms with van der Waals surface area (Å²) < 4.78 is 0. The molecule has 0 radical (unpaired) electrons. The summed E-state index contributed by atoms with van der Waals surface area (Å²) in [6.45, 7) is 4.23. The van der Waals surface area contributed by atoms with Crippen molar-refractivity contribution in [1.29, 1.82) is 0 Å². The lowest BCUT2D eigenvalue weighted by Crippen LogP contribution is -2.44. The van der Waals surface area contributed by atoms with Crippen molar-refractivity contribution in [3.8, 4) is 11.3 Å². The highest BCUT2D eigenvalue weighted by molar-refractivity contribution is 5.97. The van der Waals surface area contributed by atoms with E-state index in [1.165, 1.54) is 0 Å². The van der Waals surface area contributed by atoms with E-state index in [2.05, 4.69) is 43.1 Å². The maximum atomic E-state index is 5.84. The highest BCUT2D eigenvalue weighted by Gasteiger charge is 2.15. The van der Waals surface area contributed by atoms with Crippen LogP contribution in [0.1, 0.15) is 0 Å². The number of hydrogen-bond acceptors (Lipinski definition) is 6. The monoisotopic (exact) mass is 309 g/mol. The molecule has 118 valence electrons. The molecule has 4 heterocycles. The van der Waals surface area contributed by atoms with E-state index in [1.807, 2.05) is 12.3 Å². The minimum Gasteiger partial charge on any atom is -0.382 e. The van der Waals surface area contributed by atoms with Crippen LogP contribution in [0.5, 0.6) is 0 Å². The molecule has 0 aliphatic carbocycles. The molecule has 0 atom stereocenters. The molecule has 0 bridgehead atoms. The Kier molecular flexibility index (Phi) is 3.34. The summed E-state index contributed by atoms with van der Waals surface area (Å²) in [7, 11) is 2.16. The van der Waals surface area contributed by atoms with E-state index in [4.69, 9.17) is 5.73 Å². The van der Waals surface area contributed by atoms with Crippen molar-refractivity contribution in [2.75, 3.05) is 43.9 Å². The van der Waals surface area contributed by atoms with Crippen LogP contribution in [0.25, 0.3) is 22.2 Å². The molecule has 0 aromatic carbocycles. The van der Waals surface area contributed by atoms with Gasteiger partial charge in [-0.3, -0.25) is 15.1 Å². The Morgan fingerprint density at radius 2 is 1.91 bits per heavy atom. The third kappa shape index (κ3) is 2.49. The van der Waals surface area contributed by atoms with E-state index in [1.54, 1.807) is 12.4 Å². The zero-order valence-corrected chi connectivity index (χ0v) is 13.0. The number of hydrogen-bond donors (Lipinski definition) is 2. The Balaban J connectivity index is 1.65. The maximum absolute atomic E-state index is 5.84. The van der Waals surface area contributed by atoms with Crippen molar-refractivity contribution in [3.63, 3.8) is 0 Å². The number of nitrogen functional groups attached to an aromatic ring is 1. The van der Waals surface area contributed by atoms with E-state index in [9.17, 15) is 0 Å². The van der Waals surface area contributed by atoms with Crippen LogP contribution < -0.4 is 10.6 Å². The normalized spacial score (nSPS) is 16.1. The van der Waals surface area contributed by atoms with Gasteiger partial charge in [0.2, 0.25) is 0 Å². The summed E-state index contributed by atoms with van der Waals surface area (Å²) >= 11 is 0. The topological polar surface area (TPSA) is 87.0 Å². The molecule has 4 rings (SSSR count). The Morgan fingerprint density at radius 1 is 1.09 bits per heavy atom. The molecule has 1 saturated heterocycles. The van der Waals surface area contributed by atoms with Crippen molar-refractivity contribution >= 4 is 22.4 Å². The molecule has 7 heteroatoms. The number of likely N-dealkylation sites (N-methyl/N-ethyl adjacent to an activating group) is 1. The molecule has 0 spiro atoms. The van der Waals surface area contributed by atoms with Crippen molar-refractivity contribution in [2.45, 2.75) is 0 Å². The lowest BCUT2D eigenvalue weighted by Gasteiger charge is -2.33. The summed E-state index contributed by atoms with van der Waals surface area (Å²) in [6.07, 6.45) is 5.44. The van der Waals surface area contributed by atoms with Crippen LogP contribution in [0.2, 0.25) is 0 Å². The van der Waals surface area contributed by atoms with Gasteiger partial charge in [0.05, 0.1) is 28.5 Å². The molecule has 1 fully saturated rings. The molecular weight excluding hydrogens is 290 g/mol. The molecule has 0 unspecified atom stereocenters. The van der Waals surface area contributed by atoms with E-state index in [0.29, 0.717) is 5.82 Å². The van der Waals surface area contributed by atoms with Gasteiger partial charge in [0.15, 0.2) is 5.82 Å². The molecule has 3 aromatic heterocycles. The van der Waals surface area contributed by atoms with Crippen LogP contribution in [0, 0.1) is 0 Å². The number of fused-ring (bicyclic) bond motifs is 1. The number of nitrogens with zero attached hydrogens (tertiary/aromatic N) is 5. The lowest BCUT2D eigenvalue weighted by molar-refractivity contribution is 0.313. The number of H-pyrrole nitrogens is 1. The fourth-order valence-electron chi connectivity index (χ4n) is 2.94. The molecule has 7 nitrogen and oxygen atoms in total. The Labute approximate surface area is 134 Å². The van der Waals surface area contributed by atoms with Crippen LogP contribution in [0.3, 0.4) is 0 Å². The van der Waals surface area contributed by atoms with Crippen molar-refractivity contribution in [3.05, 3.63) is 30.7 Å². The maximum Gasteiger partial charge on any atom is 0.154 e. The van der Waals surface area contributed by atoms with Gasteiger partial charge in [0, 0.05) is 44.1 Å². The van der Waals surface area contributed by atoms with E-state index in [-0.39, 0.29) is 0 Å². The number of aromatic amines is 1. The van der Waals surface area contributed by atoms with Gasteiger partial charge in [-0.2, -0.15) is 5.10 Å². The van der Waals surface area contributed by atoms with Crippen molar-refractivity contribution in [1.82, 2.24) is 25.1 Å². The average Bonchev–Trinajstić information content (AvgIpc) is 2.97. The van der Waals surface area contributed by atoms with Crippen molar-refractivity contribution in [2.24, 2.45) is 0 Å². The largest absolute Gasteiger partial charge is 0.382 e. The first-order valence-electron chi connectivity index (χ1n) is 7.70. The van der Waals surface area contributed by atoms with Gasteiger partial charge in [-0.05, 0) is 19.2 Å². The highest BCUT2D eigenvalue weighted by atomic mass is 15.2. The molecule has 0 saturated carbocycles. The second-order valence-electron chi connectivity index (χ2n) is 5.91. The van der Waals surface area contributed by atoms with Gasteiger partial charge in [0.1, 0.15) is 0 Å². The van der Waals surface area contributed by atoms with E-state index < -0.39 is 0 Å². The van der Waals surface area contributed by atoms with Gasteiger partial charge in [-0.15, -0.1) is 0 Å². The highest BCUT2D eigenvalue weighted by Crippen LogP contribution is 2.28. The van der Waals surface area contributed by atoms with Gasteiger partial charge in [-0.25, -0.2) is 0 Å². The predicted molar refractivity (Wildman–Crippen MR) is 91.2 cm³/mol. The predicted octanol–water partition coefficient (Wildman–Crippen LogP) is 1.35. The number of rotatable bonds is 2. The summed E-state index contributed by atoms with van der Waals surface area (Å²) in [5.74, 6) is 0.461. The van der Waals surface area contributed by atoms with Crippen LogP contribution >= 0.6 is 0 Å². The Morgan fingerprint density at radius 3 is 2.65 bits per heavy atom. The number of anilines is 2. The van der Waals surface area contributed by atoms with Gasteiger partial charge < -0.3 is 15.5 Å². The number of nitrogens with one attached hydrogen (secondary N) is 1. The molecule has 0 amide bonds. The minimum absolute atomic E-state index is 0.461. The molecule has 1 aliphatic heterocycles. The summed E-state index contributed by atoms with van der Waals surface area (Å²) in [6, 6.07) is 4.15. The number of aromatic nitrogens is 4. The molecular formula is C16H19N7. The minimum atomic E-state index is 0.461. The summed E-state index contributed by atoms with van der Waals surface area (Å²) in [4.78, 5) is 13.6. The van der Waals surface area contributed by atoms with Gasteiger partial charge >= 0.3 is 0 Å². The third-order valence-corrected chi connectivity index (χ3v) is 4.40. The molecule has 3 N–H and O–H groups in total. The van der Waals surface area contributed by atoms with E-state index >= 15 is 0 Å². The first-order valence-corrected chi connectivity index (χ1v) is 7.70. The van der Waals surface area contributed by atoms with Gasteiger partial charge in [0.25, 0.3) is 0 Å². The number of nitrogens with two attached hydrogens (primary N) is 1. The average molecular weight is 309 g/mol. The smallest absolute Gasteiger partial charge is 0.154 e. The molecule has 3 aromatic rings. The zero-order chi connectivity index (χ0) is 15.8. The number of piperazine rings is 1. The Hall–Kier alpha value is -2.67. The van der Waals surface area contributed by atoms with Crippen LogP contribution in [-0.2, 0) is 0 Å². The quantitative estimate of drug-likeness (QED) is 0.743. The number of pyridine rings is 2. The molecule has 1 aliphatic rings. The standard InChI is InChI=1S/C16H19N7/c1-22-4-6-23(7-5-22)11-2-3-14(19-8-11)12-9-18-10-13-15(12)20-21-16(13)17/h2-3,8-10H,4-7H2,1H3,(H3,17,20,21).